The number of carbonyl (C=O) groups excluding carboxylic acids is 3. The first-order chi connectivity index (χ1) is 12.8. The molecule has 4 rings (SSSR count). The SMILES string of the molecule is CC(=O)O[C@H]1CC[C@H]2[C@@H]3CC(=O)[C@H]4C[C@@H](OC(C)=O)C=C[C@@H]4[C@H]3CC[C@]12C. The summed E-state index contributed by atoms with van der Waals surface area (Å²) in [5, 5.41) is 0. The van der Waals surface area contributed by atoms with Crippen LogP contribution in [0.15, 0.2) is 12.2 Å². The molecule has 0 unspecified atom stereocenters. The third-order valence-corrected chi connectivity index (χ3v) is 7.87. The van der Waals surface area contributed by atoms with Crippen LogP contribution < -0.4 is 0 Å². The summed E-state index contributed by atoms with van der Waals surface area (Å²) in [6.07, 6.45) is 9.20. The molecular formula is C22H30O5. The zero-order valence-electron chi connectivity index (χ0n) is 16.5. The van der Waals surface area contributed by atoms with E-state index in [4.69, 9.17) is 9.47 Å². The fourth-order valence-electron chi connectivity index (χ4n) is 6.78. The standard InChI is InChI=1S/C22H30O5/c1-12(23)26-14-4-5-15-16-8-9-22(3)19(6-7-21(22)27-13(2)24)17(16)11-20(25)18(15)10-14/h4-5,14-19,21H,6-11H2,1-3H3/t14-,15+,16+,17+,18-,19-,21-,22-/m0/s1. The summed E-state index contributed by atoms with van der Waals surface area (Å²) in [5.74, 6) is 1.42. The molecule has 4 aliphatic carbocycles. The number of Topliss-reactive ketones (excluding diaryl/α,β-unsaturated/α-hetero) is 1. The first-order valence-electron chi connectivity index (χ1n) is 10.3. The van der Waals surface area contributed by atoms with E-state index in [1.807, 2.05) is 6.08 Å². The van der Waals surface area contributed by atoms with E-state index in [9.17, 15) is 14.4 Å². The molecular weight excluding hydrogens is 344 g/mol. The van der Waals surface area contributed by atoms with Gasteiger partial charge in [0.25, 0.3) is 0 Å². The maximum absolute atomic E-state index is 13.0. The van der Waals surface area contributed by atoms with Crippen LogP contribution in [0.1, 0.15) is 59.3 Å². The zero-order chi connectivity index (χ0) is 19.3. The molecule has 0 saturated heterocycles. The van der Waals surface area contributed by atoms with Crippen LogP contribution in [-0.2, 0) is 23.9 Å². The summed E-state index contributed by atoms with van der Waals surface area (Å²) in [6, 6.07) is 0. The lowest BCUT2D eigenvalue weighted by Crippen LogP contribution is -2.52. The lowest BCUT2D eigenvalue weighted by atomic mass is 9.51. The van der Waals surface area contributed by atoms with Crippen molar-refractivity contribution in [3.8, 4) is 0 Å². The first kappa shape index (κ1) is 18.7. The van der Waals surface area contributed by atoms with E-state index in [-0.39, 0.29) is 41.4 Å². The molecule has 4 aliphatic rings. The number of ether oxygens (including phenoxy) is 2. The van der Waals surface area contributed by atoms with Gasteiger partial charge in [-0.05, 0) is 61.9 Å². The van der Waals surface area contributed by atoms with Crippen LogP contribution in [0.2, 0.25) is 0 Å². The molecule has 0 heterocycles. The highest BCUT2D eigenvalue weighted by atomic mass is 16.5. The van der Waals surface area contributed by atoms with Crippen molar-refractivity contribution < 1.29 is 23.9 Å². The third-order valence-electron chi connectivity index (χ3n) is 7.87. The molecule has 0 aliphatic heterocycles. The van der Waals surface area contributed by atoms with Crippen LogP contribution >= 0.6 is 0 Å². The first-order valence-corrected chi connectivity index (χ1v) is 10.3. The molecule has 0 aromatic heterocycles. The van der Waals surface area contributed by atoms with Crippen molar-refractivity contribution in [2.75, 3.05) is 0 Å². The van der Waals surface area contributed by atoms with Gasteiger partial charge in [-0.25, -0.2) is 0 Å². The molecule has 148 valence electrons. The van der Waals surface area contributed by atoms with Gasteiger partial charge < -0.3 is 9.47 Å². The highest BCUT2D eigenvalue weighted by Gasteiger charge is 2.59. The molecule has 27 heavy (non-hydrogen) atoms. The number of fused-ring (bicyclic) bond motifs is 5. The monoisotopic (exact) mass is 374 g/mol. The number of rotatable bonds is 2. The number of allylic oxidation sites excluding steroid dienone is 1. The second kappa shape index (κ2) is 6.75. The predicted molar refractivity (Wildman–Crippen MR) is 98.5 cm³/mol. The van der Waals surface area contributed by atoms with Gasteiger partial charge in [0.15, 0.2) is 0 Å². The van der Waals surface area contributed by atoms with Gasteiger partial charge in [-0.2, -0.15) is 0 Å². The van der Waals surface area contributed by atoms with Crippen molar-refractivity contribution in [1.82, 2.24) is 0 Å². The summed E-state index contributed by atoms with van der Waals surface area (Å²) in [6.45, 7) is 5.17. The van der Waals surface area contributed by atoms with E-state index >= 15 is 0 Å². The normalized spacial score (nSPS) is 45.4. The molecule has 0 amide bonds. The van der Waals surface area contributed by atoms with Gasteiger partial charge in [-0.3, -0.25) is 14.4 Å². The molecule has 0 aromatic carbocycles. The second-order valence-corrected chi connectivity index (χ2v) is 9.28. The average molecular weight is 374 g/mol. The van der Waals surface area contributed by atoms with Gasteiger partial charge >= 0.3 is 11.9 Å². The molecule has 0 spiro atoms. The van der Waals surface area contributed by atoms with E-state index in [0.29, 0.717) is 36.4 Å². The van der Waals surface area contributed by atoms with E-state index < -0.39 is 0 Å². The molecule has 0 radical (unpaired) electrons. The molecule has 3 fully saturated rings. The quantitative estimate of drug-likeness (QED) is 0.547. The minimum Gasteiger partial charge on any atom is -0.462 e. The summed E-state index contributed by atoms with van der Waals surface area (Å²) < 4.78 is 11.0. The Kier molecular flexibility index (Phi) is 4.68. The molecule has 0 aromatic rings. The fourth-order valence-corrected chi connectivity index (χ4v) is 6.78. The highest BCUT2D eigenvalue weighted by Crippen LogP contribution is 2.61. The van der Waals surface area contributed by atoms with Crippen LogP contribution in [0.3, 0.4) is 0 Å². The Bertz CT molecular complexity index is 682. The van der Waals surface area contributed by atoms with Gasteiger partial charge in [0.05, 0.1) is 0 Å². The van der Waals surface area contributed by atoms with Crippen molar-refractivity contribution in [3.05, 3.63) is 12.2 Å². The topological polar surface area (TPSA) is 69.7 Å². The number of hydrogen-bond acceptors (Lipinski definition) is 5. The van der Waals surface area contributed by atoms with Gasteiger partial charge in [0.1, 0.15) is 18.0 Å². The number of ketones is 1. The predicted octanol–water partition coefficient (Wildman–Crippen LogP) is 3.46. The number of hydrogen-bond donors (Lipinski definition) is 0. The molecule has 0 N–H and O–H groups in total. The Morgan fingerprint density at radius 1 is 1.04 bits per heavy atom. The van der Waals surface area contributed by atoms with Crippen molar-refractivity contribution in [1.29, 1.82) is 0 Å². The number of esters is 2. The second-order valence-electron chi connectivity index (χ2n) is 9.28. The van der Waals surface area contributed by atoms with E-state index in [1.54, 1.807) is 0 Å². The summed E-state index contributed by atoms with van der Waals surface area (Å²) in [4.78, 5) is 35.8. The van der Waals surface area contributed by atoms with Crippen LogP contribution in [-0.4, -0.2) is 29.9 Å². The maximum atomic E-state index is 13.0. The van der Waals surface area contributed by atoms with Crippen LogP contribution in [0.4, 0.5) is 0 Å². The largest absolute Gasteiger partial charge is 0.462 e. The van der Waals surface area contributed by atoms with Gasteiger partial charge in [0.2, 0.25) is 0 Å². The van der Waals surface area contributed by atoms with E-state index in [0.717, 1.165) is 25.7 Å². The zero-order valence-corrected chi connectivity index (χ0v) is 16.5. The Morgan fingerprint density at radius 2 is 1.78 bits per heavy atom. The average Bonchev–Trinajstić information content (AvgIpc) is 2.91. The smallest absolute Gasteiger partial charge is 0.303 e. The lowest BCUT2D eigenvalue weighted by Gasteiger charge is -2.54. The fraction of sp³-hybridized carbons (Fsp3) is 0.773. The minimum atomic E-state index is -0.292. The highest BCUT2D eigenvalue weighted by molar-refractivity contribution is 5.83. The van der Waals surface area contributed by atoms with Gasteiger partial charge in [0, 0.05) is 31.6 Å². The molecule has 5 nitrogen and oxygen atoms in total. The molecule has 8 atom stereocenters. The third kappa shape index (κ3) is 3.13. The Hall–Kier alpha value is -1.65. The molecule has 5 heteroatoms. The van der Waals surface area contributed by atoms with E-state index in [1.165, 1.54) is 13.8 Å². The summed E-state index contributed by atoms with van der Waals surface area (Å²) in [7, 11) is 0. The lowest BCUT2D eigenvalue weighted by molar-refractivity contribution is -0.159. The van der Waals surface area contributed by atoms with E-state index in [2.05, 4.69) is 13.0 Å². The van der Waals surface area contributed by atoms with Crippen molar-refractivity contribution in [2.24, 2.45) is 35.0 Å². The van der Waals surface area contributed by atoms with Crippen LogP contribution in [0.5, 0.6) is 0 Å². The van der Waals surface area contributed by atoms with Crippen LogP contribution in [0, 0.1) is 35.0 Å². The Balaban J connectivity index is 1.55. The number of carbonyl (C=O) groups is 3. The summed E-state index contributed by atoms with van der Waals surface area (Å²) in [5.41, 5.74) is -0.00138. The maximum Gasteiger partial charge on any atom is 0.303 e. The van der Waals surface area contributed by atoms with Crippen molar-refractivity contribution in [2.45, 2.75) is 71.5 Å². The van der Waals surface area contributed by atoms with Crippen molar-refractivity contribution in [3.63, 3.8) is 0 Å². The Labute approximate surface area is 160 Å². The minimum absolute atomic E-state index is 0.00138. The van der Waals surface area contributed by atoms with Crippen LogP contribution in [0.25, 0.3) is 0 Å². The van der Waals surface area contributed by atoms with Crippen molar-refractivity contribution >= 4 is 17.7 Å². The molecule has 3 saturated carbocycles. The Morgan fingerprint density at radius 3 is 2.48 bits per heavy atom. The summed E-state index contributed by atoms with van der Waals surface area (Å²) >= 11 is 0. The van der Waals surface area contributed by atoms with Gasteiger partial charge in [-0.15, -0.1) is 0 Å². The molecule has 0 bridgehead atoms. The van der Waals surface area contributed by atoms with Gasteiger partial charge in [-0.1, -0.05) is 13.0 Å².